The van der Waals surface area contributed by atoms with E-state index in [1.807, 2.05) is 6.07 Å². The molecule has 0 spiro atoms. The molecule has 2 rings (SSSR count). The fourth-order valence-electron chi connectivity index (χ4n) is 1.39. The van der Waals surface area contributed by atoms with E-state index < -0.39 is 0 Å². The van der Waals surface area contributed by atoms with Crippen LogP contribution in [0.5, 0.6) is 5.75 Å². The molecule has 0 atom stereocenters. The lowest BCUT2D eigenvalue weighted by Crippen LogP contribution is -1.90. The van der Waals surface area contributed by atoms with Gasteiger partial charge in [0.25, 0.3) is 0 Å². The lowest BCUT2D eigenvalue weighted by molar-refractivity contribution is 0.112. The molecule has 0 radical (unpaired) electrons. The van der Waals surface area contributed by atoms with Crippen LogP contribution in [0.3, 0.4) is 0 Å². The van der Waals surface area contributed by atoms with Gasteiger partial charge in [-0.1, -0.05) is 11.6 Å². The van der Waals surface area contributed by atoms with Gasteiger partial charge in [0.1, 0.15) is 5.75 Å². The Bertz CT molecular complexity index is 334. The second kappa shape index (κ2) is 2.79. The molecule has 0 bridgehead atoms. The average Bonchev–Trinajstić information content (AvgIpc) is 2.50. The van der Waals surface area contributed by atoms with Crippen LogP contribution in [0.4, 0.5) is 0 Å². The highest BCUT2D eigenvalue weighted by atomic mass is 35.5. The van der Waals surface area contributed by atoms with Gasteiger partial charge in [-0.15, -0.1) is 0 Å². The standard InChI is InChI=1S/C9H7ClO2/c10-8-3-6-1-2-12-9(6)7(4-8)5-11/h3-5H,1-2H2. The predicted molar refractivity (Wildman–Crippen MR) is 46.0 cm³/mol. The number of aldehydes is 1. The maximum Gasteiger partial charge on any atom is 0.153 e. The second-order valence-electron chi connectivity index (χ2n) is 2.70. The summed E-state index contributed by atoms with van der Waals surface area (Å²) in [7, 11) is 0. The van der Waals surface area contributed by atoms with Crippen LogP contribution in [0.2, 0.25) is 5.02 Å². The van der Waals surface area contributed by atoms with E-state index in [1.54, 1.807) is 6.07 Å². The van der Waals surface area contributed by atoms with Crippen LogP contribution >= 0.6 is 11.6 Å². The molecule has 0 amide bonds. The van der Waals surface area contributed by atoms with Crippen LogP contribution in [0.15, 0.2) is 12.1 Å². The smallest absolute Gasteiger partial charge is 0.153 e. The largest absolute Gasteiger partial charge is 0.492 e. The van der Waals surface area contributed by atoms with Crippen molar-refractivity contribution in [2.24, 2.45) is 0 Å². The molecule has 1 heterocycles. The molecule has 1 aromatic rings. The highest BCUT2D eigenvalue weighted by Crippen LogP contribution is 2.31. The lowest BCUT2D eigenvalue weighted by atomic mass is 10.1. The van der Waals surface area contributed by atoms with Crippen molar-refractivity contribution in [1.29, 1.82) is 0 Å². The average molecular weight is 183 g/mol. The van der Waals surface area contributed by atoms with Gasteiger partial charge in [-0.25, -0.2) is 0 Å². The summed E-state index contributed by atoms with van der Waals surface area (Å²) in [5.74, 6) is 0.703. The van der Waals surface area contributed by atoms with Crippen molar-refractivity contribution in [3.63, 3.8) is 0 Å². The van der Waals surface area contributed by atoms with Gasteiger partial charge < -0.3 is 4.74 Å². The number of carbonyl (C=O) groups excluding carboxylic acids is 1. The molecular formula is C9H7ClO2. The van der Waals surface area contributed by atoms with Crippen molar-refractivity contribution >= 4 is 17.9 Å². The first-order chi connectivity index (χ1) is 5.81. The molecular weight excluding hydrogens is 176 g/mol. The van der Waals surface area contributed by atoms with E-state index in [4.69, 9.17) is 16.3 Å². The molecule has 1 aliphatic heterocycles. The van der Waals surface area contributed by atoms with Gasteiger partial charge in [-0.05, 0) is 17.7 Å². The van der Waals surface area contributed by atoms with E-state index in [-0.39, 0.29) is 0 Å². The Balaban J connectivity index is 2.62. The third kappa shape index (κ3) is 1.08. The minimum atomic E-state index is 0.551. The van der Waals surface area contributed by atoms with Gasteiger partial charge >= 0.3 is 0 Å². The molecule has 0 fully saturated rings. The summed E-state index contributed by atoms with van der Waals surface area (Å²) >= 11 is 5.79. The number of ether oxygens (including phenoxy) is 1. The zero-order valence-electron chi connectivity index (χ0n) is 6.34. The van der Waals surface area contributed by atoms with E-state index in [0.717, 1.165) is 18.3 Å². The normalized spacial score (nSPS) is 13.8. The minimum Gasteiger partial charge on any atom is -0.492 e. The van der Waals surface area contributed by atoms with Crippen LogP contribution in [0.25, 0.3) is 0 Å². The number of halogens is 1. The second-order valence-corrected chi connectivity index (χ2v) is 3.14. The Morgan fingerprint density at radius 2 is 2.33 bits per heavy atom. The number of fused-ring (bicyclic) bond motifs is 1. The fourth-order valence-corrected chi connectivity index (χ4v) is 1.63. The quantitative estimate of drug-likeness (QED) is 0.622. The summed E-state index contributed by atoms with van der Waals surface area (Å²) in [6.45, 7) is 0.649. The fraction of sp³-hybridized carbons (Fsp3) is 0.222. The molecule has 12 heavy (non-hydrogen) atoms. The summed E-state index contributed by atoms with van der Waals surface area (Å²) in [6, 6.07) is 3.47. The van der Waals surface area contributed by atoms with Crippen molar-refractivity contribution < 1.29 is 9.53 Å². The third-order valence-electron chi connectivity index (χ3n) is 1.90. The lowest BCUT2D eigenvalue weighted by Gasteiger charge is -2.01. The first kappa shape index (κ1) is 7.62. The van der Waals surface area contributed by atoms with Crippen molar-refractivity contribution in [1.82, 2.24) is 0 Å². The molecule has 0 unspecified atom stereocenters. The monoisotopic (exact) mass is 182 g/mol. The maximum absolute atomic E-state index is 10.6. The molecule has 0 N–H and O–H groups in total. The Kier molecular flexibility index (Phi) is 1.77. The molecule has 0 aliphatic carbocycles. The Labute approximate surface area is 75.1 Å². The van der Waals surface area contributed by atoms with Crippen molar-refractivity contribution in [2.75, 3.05) is 6.61 Å². The Morgan fingerprint density at radius 1 is 1.50 bits per heavy atom. The molecule has 0 saturated carbocycles. The number of hydrogen-bond donors (Lipinski definition) is 0. The van der Waals surface area contributed by atoms with Crippen LogP contribution in [0, 0.1) is 0 Å². The first-order valence-corrected chi connectivity index (χ1v) is 4.09. The number of rotatable bonds is 1. The molecule has 0 saturated heterocycles. The molecule has 3 heteroatoms. The van der Waals surface area contributed by atoms with E-state index in [0.29, 0.717) is 22.9 Å². The van der Waals surface area contributed by atoms with Gasteiger partial charge in [0.05, 0.1) is 12.2 Å². The van der Waals surface area contributed by atoms with E-state index in [1.165, 1.54) is 0 Å². The molecule has 0 aromatic heterocycles. The number of benzene rings is 1. The SMILES string of the molecule is O=Cc1cc(Cl)cc2c1OCC2. The maximum atomic E-state index is 10.6. The van der Waals surface area contributed by atoms with Crippen LogP contribution in [-0.2, 0) is 6.42 Å². The Morgan fingerprint density at radius 3 is 3.08 bits per heavy atom. The van der Waals surface area contributed by atoms with Gasteiger partial charge in [0.15, 0.2) is 6.29 Å². The molecule has 62 valence electrons. The zero-order valence-corrected chi connectivity index (χ0v) is 7.10. The minimum absolute atomic E-state index is 0.551. The molecule has 2 nitrogen and oxygen atoms in total. The van der Waals surface area contributed by atoms with Gasteiger partial charge in [0, 0.05) is 11.4 Å². The van der Waals surface area contributed by atoms with Crippen molar-refractivity contribution in [3.05, 3.63) is 28.3 Å². The van der Waals surface area contributed by atoms with Crippen LogP contribution in [-0.4, -0.2) is 12.9 Å². The summed E-state index contributed by atoms with van der Waals surface area (Å²) < 4.78 is 5.29. The highest BCUT2D eigenvalue weighted by molar-refractivity contribution is 6.31. The van der Waals surface area contributed by atoms with Gasteiger partial charge in [0.2, 0.25) is 0 Å². The number of carbonyl (C=O) groups is 1. The van der Waals surface area contributed by atoms with Crippen LogP contribution in [0.1, 0.15) is 15.9 Å². The summed E-state index contributed by atoms with van der Waals surface area (Å²) in [6.07, 6.45) is 1.62. The highest BCUT2D eigenvalue weighted by Gasteiger charge is 2.16. The van der Waals surface area contributed by atoms with Gasteiger partial charge in [-0.2, -0.15) is 0 Å². The van der Waals surface area contributed by atoms with Crippen LogP contribution < -0.4 is 4.74 Å². The van der Waals surface area contributed by atoms with E-state index >= 15 is 0 Å². The summed E-state index contributed by atoms with van der Waals surface area (Å²) in [5.41, 5.74) is 1.58. The van der Waals surface area contributed by atoms with E-state index in [2.05, 4.69) is 0 Å². The third-order valence-corrected chi connectivity index (χ3v) is 2.12. The molecule has 1 aliphatic rings. The van der Waals surface area contributed by atoms with Crippen molar-refractivity contribution in [2.45, 2.75) is 6.42 Å². The predicted octanol–water partition coefficient (Wildman–Crippen LogP) is 2.09. The van der Waals surface area contributed by atoms with Gasteiger partial charge in [-0.3, -0.25) is 4.79 Å². The summed E-state index contributed by atoms with van der Waals surface area (Å²) in [5, 5.41) is 0.598. The topological polar surface area (TPSA) is 26.3 Å². The zero-order chi connectivity index (χ0) is 8.55. The van der Waals surface area contributed by atoms with E-state index in [9.17, 15) is 4.79 Å². The summed E-state index contributed by atoms with van der Waals surface area (Å²) in [4.78, 5) is 10.6. The molecule has 1 aromatic carbocycles. The first-order valence-electron chi connectivity index (χ1n) is 3.71. The Hall–Kier alpha value is -1.02. The number of hydrogen-bond acceptors (Lipinski definition) is 2. The van der Waals surface area contributed by atoms with Crippen molar-refractivity contribution in [3.8, 4) is 5.75 Å².